The van der Waals surface area contributed by atoms with Crippen molar-refractivity contribution in [1.82, 2.24) is 0 Å². The summed E-state index contributed by atoms with van der Waals surface area (Å²) in [7, 11) is -3.00. The molecule has 1 saturated heterocycles. The monoisotopic (exact) mass is 290 g/mol. The number of hydrogen-bond donors (Lipinski definition) is 0. The van der Waals surface area contributed by atoms with Gasteiger partial charge in [-0.25, -0.2) is 13.2 Å². The number of hydrogen-bond acceptors (Lipinski definition) is 5. The third kappa shape index (κ3) is 4.76. The Morgan fingerprint density at radius 2 is 2.00 bits per heavy atom. The summed E-state index contributed by atoms with van der Waals surface area (Å²) in [6.45, 7) is 2.13. The van der Waals surface area contributed by atoms with E-state index in [1.165, 1.54) is 6.42 Å². The van der Waals surface area contributed by atoms with E-state index in [4.69, 9.17) is 9.47 Å². The molecule has 1 aliphatic heterocycles. The molecule has 0 radical (unpaired) electrons. The summed E-state index contributed by atoms with van der Waals surface area (Å²) >= 11 is 0. The zero-order valence-corrected chi connectivity index (χ0v) is 12.2. The zero-order valence-electron chi connectivity index (χ0n) is 11.3. The average molecular weight is 290 g/mol. The predicted molar refractivity (Wildman–Crippen MR) is 70.5 cm³/mol. The highest BCUT2D eigenvalue weighted by molar-refractivity contribution is 7.91. The fourth-order valence-corrected chi connectivity index (χ4v) is 4.38. The summed E-state index contributed by atoms with van der Waals surface area (Å²) in [5.41, 5.74) is 0. The molecular weight excluding hydrogens is 268 g/mol. The van der Waals surface area contributed by atoms with Gasteiger partial charge in [-0.2, -0.15) is 0 Å². The summed E-state index contributed by atoms with van der Waals surface area (Å²) in [5.74, 6) is 0.278. The number of ether oxygens (including phenoxy) is 2. The summed E-state index contributed by atoms with van der Waals surface area (Å²) in [6.07, 6.45) is 4.43. The first-order valence-electron chi connectivity index (χ1n) is 6.96. The molecule has 19 heavy (non-hydrogen) atoms. The van der Waals surface area contributed by atoms with Crippen LogP contribution in [0.2, 0.25) is 0 Å². The molecule has 2 rings (SSSR count). The van der Waals surface area contributed by atoms with Gasteiger partial charge in [-0.05, 0) is 25.2 Å². The van der Waals surface area contributed by atoms with Crippen LogP contribution in [-0.2, 0) is 24.1 Å². The summed E-state index contributed by atoms with van der Waals surface area (Å²) in [4.78, 5) is 11.6. The standard InChI is InChI=1S/C13H22O5S/c1-10-3-2-4-11(7-10)17-8-13(14)18-12-5-6-19(15,16)9-12/h10-12H,2-9H2,1H3/t10-,11+,12+/m1/s1. The summed E-state index contributed by atoms with van der Waals surface area (Å²) < 4.78 is 33.2. The van der Waals surface area contributed by atoms with Crippen molar-refractivity contribution in [3.8, 4) is 0 Å². The molecule has 2 fully saturated rings. The SMILES string of the molecule is C[C@@H]1CCC[C@H](OCC(=O)O[C@H]2CCS(=O)(=O)C2)C1. The highest BCUT2D eigenvalue weighted by Crippen LogP contribution is 2.25. The molecule has 0 N–H and O–H groups in total. The van der Waals surface area contributed by atoms with Crippen LogP contribution in [0.3, 0.4) is 0 Å². The van der Waals surface area contributed by atoms with Gasteiger partial charge in [-0.15, -0.1) is 0 Å². The molecule has 3 atom stereocenters. The van der Waals surface area contributed by atoms with E-state index >= 15 is 0 Å². The van der Waals surface area contributed by atoms with Crippen molar-refractivity contribution in [2.45, 2.75) is 51.2 Å². The Bertz CT molecular complexity index is 417. The minimum atomic E-state index is -3.00. The van der Waals surface area contributed by atoms with E-state index in [2.05, 4.69) is 6.92 Å². The molecule has 2 aliphatic rings. The van der Waals surface area contributed by atoms with Gasteiger partial charge in [0.15, 0.2) is 9.84 Å². The minimum Gasteiger partial charge on any atom is -0.460 e. The van der Waals surface area contributed by atoms with Crippen molar-refractivity contribution in [1.29, 1.82) is 0 Å². The third-order valence-corrected chi connectivity index (χ3v) is 5.55. The van der Waals surface area contributed by atoms with E-state index in [-0.39, 0.29) is 24.2 Å². The van der Waals surface area contributed by atoms with Crippen molar-refractivity contribution < 1.29 is 22.7 Å². The first-order valence-corrected chi connectivity index (χ1v) is 8.78. The lowest BCUT2D eigenvalue weighted by Crippen LogP contribution is -2.27. The second-order valence-corrected chi connectivity index (χ2v) is 7.95. The van der Waals surface area contributed by atoms with E-state index in [1.54, 1.807) is 0 Å². The number of sulfone groups is 1. The quantitative estimate of drug-likeness (QED) is 0.730. The molecule has 0 amide bonds. The zero-order chi connectivity index (χ0) is 13.9. The molecule has 0 spiro atoms. The van der Waals surface area contributed by atoms with E-state index < -0.39 is 21.9 Å². The maximum absolute atomic E-state index is 11.6. The Labute approximate surface area is 114 Å². The van der Waals surface area contributed by atoms with Crippen LogP contribution in [0.1, 0.15) is 39.0 Å². The van der Waals surface area contributed by atoms with Crippen LogP contribution in [0.15, 0.2) is 0 Å². The number of rotatable bonds is 4. The van der Waals surface area contributed by atoms with Crippen LogP contribution in [-0.4, -0.2) is 44.7 Å². The molecule has 110 valence electrons. The van der Waals surface area contributed by atoms with Gasteiger partial charge >= 0.3 is 5.97 Å². The highest BCUT2D eigenvalue weighted by Gasteiger charge is 2.31. The maximum atomic E-state index is 11.6. The van der Waals surface area contributed by atoms with Gasteiger partial charge in [-0.1, -0.05) is 19.8 Å². The fraction of sp³-hybridized carbons (Fsp3) is 0.923. The van der Waals surface area contributed by atoms with Gasteiger partial charge in [0.05, 0.1) is 17.6 Å². The average Bonchev–Trinajstić information content (AvgIpc) is 2.66. The second kappa shape index (κ2) is 6.22. The van der Waals surface area contributed by atoms with Crippen molar-refractivity contribution in [2.24, 2.45) is 5.92 Å². The first-order chi connectivity index (χ1) is 8.94. The summed E-state index contributed by atoms with van der Waals surface area (Å²) in [6, 6.07) is 0. The molecule has 0 aromatic rings. The summed E-state index contributed by atoms with van der Waals surface area (Å²) in [5, 5.41) is 0. The van der Waals surface area contributed by atoms with Crippen LogP contribution in [0.5, 0.6) is 0 Å². The van der Waals surface area contributed by atoms with Gasteiger partial charge in [0.2, 0.25) is 0 Å². The molecule has 0 bridgehead atoms. The molecule has 6 heteroatoms. The highest BCUT2D eigenvalue weighted by atomic mass is 32.2. The predicted octanol–water partition coefficient (Wildman–Crippen LogP) is 1.31. The number of carbonyl (C=O) groups is 1. The Balaban J connectivity index is 1.67. The molecule has 5 nitrogen and oxygen atoms in total. The Kier molecular flexibility index (Phi) is 4.84. The minimum absolute atomic E-state index is 0.0425. The van der Waals surface area contributed by atoms with Crippen molar-refractivity contribution in [3.63, 3.8) is 0 Å². The lowest BCUT2D eigenvalue weighted by molar-refractivity contribution is -0.156. The maximum Gasteiger partial charge on any atom is 0.332 e. The van der Waals surface area contributed by atoms with Gasteiger partial charge < -0.3 is 9.47 Å². The molecule has 0 aromatic carbocycles. The Morgan fingerprint density at radius 1 is 1.21 bits per heavy atom. The van der Waals surface area contributed by atoms with Gasteiger partial charge in [0.1, 0.15) is 12.7 Å². The van der Waals surface area contributed by atoms with Crippen LogP contribution in [0.25, 0.3) is 0 Å². The number of esters is 1. The van der Waals surface area contributed by atoms with Gasteiger partial charge in [-0.3, -0.25) is 0 Å². The van der Waals surface area contributed by atoms with Crippen molar-refractivity contribution in [3.05, 3.63) is 0 Å². The lowest BCUT2D eigenvalue weighted by Gasteiger charge is -2.26. The van der Waals surface area contributed by atoms with Crippen molar-refractivity contribution >= 4 is 15.8 Å². The van der Waals surface area contributed by atoms with E-state index in [1.807, 2.05) is 0 Å². The number of carbonyl (C=O) groups excluding carboxylic acids is 1. The van der Waals surface area contributed by atoms with Gasteiger partial charge in [0.25, 0.3) is 0 Å². The van der Waals surface area contributed by atoms with E-state index in [0.29, 0.717) is 12.3 Å². The fourth-order valence-electron chi connectivity index (χ4n) is 2.79. The smallest absolute Gasteiger partial charge is 0.332 e. The third-order valence-electron chi connectivity index (χ3n) is 3.81. The second-order valence-electron chi connectivity index (χ2n) is 5.72. The van der Waals surface area contributed by atoms with Crippen LogP contribution >= 0.6 is 0 Å². The van der Waals surface area contributed by atoms with Gasteiger partial charge in [0, 0.05) is 0 Å². The lowest BCUT2D eigenvalue weighted by atomic mass is 9.89. The van der Waals surface area contributed by atoms with Crippen molar-refractivity contribution in [2.75, 3.05) is 18.1 Å². The van der Waals surface area contributed by atoms with E-state index in [0.717, 1.165) is 19.3 Å². The van der Waals surface area contributed by atoms with E-state index in [9.17, 15) is 13.2 Å². The Hall–Kier alpha value is -0.620. The molecule has 0 unspecified atom stereocenters. The topological polar surface area (TPSA) is 69.7 Å². The van der Waals surface area contributed by atoms with Crippen LogP contribution in [0, 0.1) is 5.92 Å². The molecule has 1 saturated carbocycles. The first kappa shape index (κ1) is 14.8. The largest absolute Gasteiger partial charge is 0.460 e. The molecule has 1 aliphatic carbocycles. The normalized spacial score (nSPS) is 34.1. The molecular formula is C13H22O5S. The van der Waals surface area contributed by atoms with Crippen LogP contribution < -0.4 is 0 Å². The molecule has 0 aromatic heterocycles. The Morgan fingerprint density at radius 3 is 2.63 bits per heavy atom. The van der Waals surface area contributed by atoms with Crippen LogP contribution in [0.4, 0.5) is 0 Å². The molecule has 1 heterocycles.